The normalized spacial score (nSPS) is 23.7. The van der Waals surface area contributed by atoms with Crippen LogP contribution in [0.3, 0.4) is 0 Å². The summed E-state index contributed by atoms with van der Waals surface area (Å²) in [4.78, 5) is 25.1. The maximum Gasteiger partial charge on any atom is 0.410 e. The molecule has 1 aliphatic heterocycles. The lowest BCUT2D eigenvalue weighted by atomic mass is 9.96. The fourth-order valence-electron chi connectivity index (χ4n) is 1.81. The Morgan fingerprint density at radius 1 is 1.33 bits per heavy atom. The molecule has 5 nitrogen and oxygen atoms in total. The zero-order valence-electron chi connectivity index (χ0n) is 11.6. The summed E-state index contributed by atoms with van der Waals surface area (Å²) in [5.74, 6) is -0.775. The van der Waals surface area contributed by atoms with E-state index in [1.54, 1.807) is 12.2 Å². The Morgan fingerprint density at radius 3 is 2.44 bits per heavy atom. The van der Waals surface area contributed by atoms with Crippen molar-refractivity contribution in [1.82, 2.24) is 4.90 Å². The molecular weight excluding hydrogens is 234 g/mol. The van der Waals surface area contributed by atoms with E-state index in [4.69, 9.17) is 9.47 Å². The summed E-state index contributed by atoms with van der Waals surface area (Å²) in [7, 11) is 1.34. The van der Waals surface area contributed by atoms with Gasteiger partial charge >= 0.3 is 12.1 Å². The maximum absolute atomic E-state index is 12.0. The SMILES string of the molecule is COC(=O)[C@@H]1C=CCN(C(=O)OC(C)(C)C)[C@H]1C. The lowest BCUT2D eigenvalue weighted by Crippen LogP contribution is -2.49. The first-order valence-electron chi connectivity index (χ1n) is 6.00. The zero-order chi connectivity index (χ0) is 13.9. The van der Waals surface area contributed by atoms with Gasteiger partial charge in [-0.2, -0.15) is 0 Å². The molecule has 1 amide bonds. The molecule has 18 heavy (non-hydrogen) atoms. The van der Waals surface area contributed by atoms with Gasteiger partial charge in [0.25, 0.3) is 0 Å². The van der Waals surface area contributed by atoms with Gasteiger partial charge in [0.05, 0.1) is 13.0 Å². The Morgan fingerprint density at radius 2 is 1.94 bits per heavy atom. The van der Waals surface area contributed by atoms with Crippen LogP contribution < -0.4 is 0 Å². The first-order chi connectivity index (χ1) is 8.26. The van der Waals surface area contributed by atoms with Gasteiger partial charge in [-0.3, -0.25) is 4.79 Å². The van der Waals surface area contributed by atoms with E-state index in [1.165, 1.54) is 12.0 Å². The van der Waals surface area contributed by atoms with Crippen molar-refractivity contribution >= 4 is 12.1 Å². The number of carbonyl (C=O) groups is 2. The third-order valence-corrected chi connectivity index (χ3v) is 2.76. The minimum Gasteiger partial charge on any atom is -0.469 e. The molecular formula is C13H21NO4. The van der Waals surface area contributed by atoms with Crippen molar-refractivity contribution in [2.24, 2.45) is 5.92 Å². The minimum atomic E-state index is -0.543. The molecule has 0 fully saturated rings. The van der Waals surface area contributed by atoms with Gasteiger partial charge in [0.2, 0.25) is 0 Å². The lowest BCUT2D eigenvalue weighted by molar-refractivity contribution is -0.145. The number of carbonyl (C=O) groups excluding carboxylic acids is 2. The maximum atomic E-state index is 12.0. The molecule has 0 radical (unpaired) electrons. The minimum absolute atomic E-state index is 0.266. The van der Waals surface area contributed by atoms with Crippen LogP contribution in [0.25, 0.3) is 0 Å². The second-order valence-electron chi connectivity index (χ2n) is 5.35. The first kappa shape index (κ1) is 14.5. The van der Waals surface area contributed by atoms with Gasteiger partial charge in [0, 0.05) is 12.6 Å². The Balaban J connectivity index is 2.77. The van der Waals surface area contributed by atoms with E-state index < -0.39 is 17.6 Å². The van der Waals surface area contributed by atoms with Crippen molar-refractivity contribution in [1.29, 1.82) is 0 Å². The van der Waals surface area contributed by atoms with E-state index in [2.05, 4.69) is 0 Å². The molecule has 0 aromatic heterocycles. The van der Waals surface area contributed by atoms with Crippen LogP contribution >= 0.6 is 0 Å². The van der Waals surface area contributed by atoms with E-state index in [0.29, 0.717) is 6.54 Å². The van der Waals surface area contributed by atoms with Gasteiger partial charge in [-0.05, 0) is 27.7 Å². The molecule has 1 aliphatic rings. The number of ether oxygens (including phenoxy) is 2. The van der Waals surface area contributed by atoms with Crippen LogP contribution in [0, 0.1) is 5.92 Å². The van der Waals surface area contributed by atoms with Crippen molar-refractivity contribution in [2.45, 2.75) is 39.3 Å². The Labute approximate surface area is 108 Å². The summed E-state index contributed by atoms with van der Waals surface area (Å²) >= 11 is 0. The predicted molar refractivity (Wildman–Crippen MR) is 67.0 cm³/mol. The molecule has 0 aliphatic carbocycles. The largest absolute Gasteiger partial charge is 0.469 e. The van der Waals surface area contributed by atoms with Gasteiger partial charge in [-0.1, -0.05) is 12.2 Å². The highest BCUT2D eigenvalue weighted by Gasteiger charge is 2.35. The molecule has 0 saturated carbocycles. The highest BCUT2D eigenvalue weighted by molar-refractivity contribution is 5.77. The number of hydrogen-bond acceptors (Lipinski definition) is 4. The summed E-state index contributed by atoms with van der Waals surface area (Å²) in [5, 5.41) is 0. The van der Waals surface area contributed by atoms with Crippen LogP contribution in [0.15, 0.2) is 12.2 Å². The molecule has 2 atom stereocenters. The van der Waals surface area contributed by atoms with E-state index in [-0.39, 0.29) is 12.0 Å². The van der Waals surface area contributed by atoms with Crippen molar-refractivity contribution in [3.63, 3.8) is 0 Å². The quantitative estimate of drug-likeness (QED) is 0.531. The second-order valence-corrected chi connectivity index (χ2v) is 5.35. The number of amides is 1. The lowest BCUT2D eigenvalue weighted by Gasteiger charge is -2.35. The van der Waals surface area contributed by atoms with E-state index in [9.17, 15) is 9.59 Å². The van der Waals surface area contributed by atoms with Crippen molar-refractivity contribution in [2.75, 3.05) is 13.7 Å². The van der Waals surface area contributed by atoms with Crippen LogP contribution in [0.1, 0.15) is 27.7 Å². The topological polar surface area (TPSA) is 55.8 Å². The van der Waals surface area contributed by atoms with Gasteiger partial charge in [-0.15, -0.1) is 0 Å². The average Bonchev–Trinajstić information content (AvgIpc) is 2.26. The molecule has 0 spiro atoms. The van der Waals surface area contributed by atoms with Gasteiger partial charge in [-0.25, -0.2) is 4.79 Å². The summed E-state index contributed by atoms with van der Waals surface area (Å²) in [6, 6.07) is -0.266. The van der Waals surface area contributed by atoms with Crippen molar-refractivity contribution in [3.05, 3.63) is 12.2 Å². The van der Waals surface area contributed by atoms with Crippen LogP contribution in [-0.2, 0) is 14.3 Å². The molecule has 0 saturated heterocycles. The number of hydrogen-bond donors (Lipinski definition) is 0. The molecule has 5 heteroatoms. The van der Waals surface area contributed by atoms with E-state index in [0.717, 1.165) is 0 Å². The monoisotopic (exact) mass is 255 g/mol. The first-order valence-corrected chi connectivity index (χ1v) is 6.00. The Kier molecular flexibility index (Phi) is 4.38. The Bertz CT molecular complexity index is 356. The zero-order valence-corrected chi connectivity index (χ0v) is 11.6. The molecule has 0 aromatic rings. The van der Waals surface area contributed by atoms with Crippen LogP contribution in [0.2, 0.25) is 0 Å². The van der Waals surface area contributed by atoms with Crippen molar-refractivity contribution in [3.8, 4) is 0 Å². The van der Waals surface area contributed by atoms with Gasteiger partial charge in [0.1, 0.15) is 5.60 Å². The summed E-state index contributed by atoms with van der Waals surface area (Å²) in [6.07, 6.45) is 3.15. The highest BCUT2D eigenvalue weighted by atomic mass is 16.6. The molecule has 1 heterocycles. The summed E-state index contributed by atoms with van der Waals surface area (Å²) in [5.41, 5.74) is -0.543. The van der Waals surface area contributed by atoms with Crippen LogP contribution in [0.4, 0.5) is 4.79 Å². The van der Waals surface area contributed by atoms with Gasteiger partial charge < -0.3 is 14.4 Å². The highest BCUT2D eigenvalue weighted by Crippen LogP contribution is 2.21. The fraction of sp³-hybridized carbons (Fsp3) is 0.692. The molecule has 0 aromatic carbocycles. The van der Waals surface area contributed by atoms with Crippen molar-refractivity contribution < 1.29 is 19.1 Å². The average molecular weight is 255 g/mol. The second kappa shape index (κ2) is 5.42. The van der Waals surface area contributed by atoms with Gasteiger partial charge in [0.15, 0.2) is 0 Å². The number of esters is 1. The van der Waals surface area contributed by atoms with Crippen LogP contribution in [0.5, 0.6) is 0 Å². The third kappa shape index (κ3) is 3.48. The molecule has 102 valence electrons. The van der Waals surface area contributed by atoms with E-state index >= 15 is 0 Å². The number of methoxy groups -OCH3 is 1. The fourth-order valence-corrected chi connectivity index (χ4v) is 1.81. The standard InChI is InChI=1S/C13H21NO4/c1-9-10(11(15)17-5)7-6-8-14(9)12(16)18-13(2,3)4/h6-7,9-10H,8H2,1-5H3/t9-,10+/m0/s1. The van der Waals surface area contributed by atoms with E-state index in [1.807, 2.05) is 27.7 Å². The molecule has 0 N–H and O–H groups in total. The summed E-state index contributed by atoms with van der Waals surface area (Å²) < 4.78 is 10.0. The smallest absolute Gasteiger partial charge is 0.410 e. The molecule has 0 unspecified atom stereocenters. The number of rotatable bonds is 1. The third-order valence-electron chi connectivity index (χ3n) is 2.76. The number of nitrogens with zero attached hydrogens (tertiary/aromatic N) is 1. The molecule has 0 bridgehead atoms. The van der Waals surface area contributed by atoms with Crippen LogP contribution in [-0.4, -0.2) is 42.3 Å². The predicted octanol–water partition coefficient (Wildman–Crippen LogP) is 1.97. The summed E-state index contributed by atoms with van der Waals surface area (Å²) in [6.45, 7) is 7.70. The Hall–Kier alpha value is -1.52. The molecule has 1 rings (SSSR count).